The Bertz CT molecular complexity index is 1330. The topological polar surface area (TPSA) is 111 Å². The summed E-state index contributed by atoms with van der Waals surface area (Å²) in [7, 11) is 1.76. The van der Waals surface area contributed by atoms with Crippen molar-refractivity contribution in [1.82, 2.24) is 29.5 Å². The van der Waals surface area contributed by atoms with Crippen LogP contribution in [0.15, 0.2) is 47.7 Å². The first-order valence-corrected chi connectivity index (χ1v) is 10.8. The van der Waals surface area contributed by atoms with Crippen molar-refractivity contribution in [1.29, 1.82) is 0 Å². The molecule has 3 heterocycles. The first-order chi connectivity index (χ1) is 15.3. The highest BCUT2D eigenvalue weighted by Gasteiger charge is 2.29. The number of imidazole rings is 1. The summed E-state index contributed by atoms with van der Waals surface area (Å²) >= 11 is 9.48. The molecule has 0 saturated carbocycles. The van der Waals surface area contributed by atoms with E-state index < -0.39 is 12.0 Å². The number of halogens is 2. The maximum Gasteiger partial charge on any atom is 0.356 e. The minimum atomic E-state index is -1.14. The summed E-state index contributed by atoms with van der Waals surface area (Å²) in [6.07, 6.45) is 1.68. The van der Waals surface area contributed by atoms with Crippen molar-refractivity contribution >= 4 is 50.5 Å². The van der Waals surface area contributed by atoms with Gasteiger partial charge >= 0.3 is 5.97 Å². The van der Waals surface area contributed by atoms with Gasteiger partial charge in [-0.15, -0.1) is 11.7 Å². The highest BCUT2D eigenvalue weighted by molar-refractivity contribution is 9.10. The van der Waals surface area contributed by atoms with Gasteiger partial charge in [-0.05, 0) is 52.2 Å². The fourth-order valence-electron chi connectivity index (χ4n) is 3.53. The van der Waals surface area contributed by atoms with Gasteiger partial charge in [0.2, 0.25) is 0 Å². The molecule has 0 amide bonds. The molecule has 0 fully saturated rings. The van der Waals surface area contributed by atoms with Gasteiger partial charge in [-0.2, -0.15) is 0 Å². The molecular formula is C21H19BrClN7O2. The molecule has 0 bridgehead atoms. The number of hydrogen-bond acceptors (Lipinski definition) is 6. The number of carbonyl (C=O) groups is 1. The highest BCUT2D eigenvalue weighted by Crippen LogP contribution is 2.33. The summed E-state index contributed by atoms with van der Waals surface area (Å²) in [5.74, 6) is -0.598. The van der Waals surface area contributed by atoms with Gasteiger partial charge in [0, 0.05) is 18.6 Å². The molecule has 1 unspecified atom stereocenters. The van der Waals surface area contributed by atoms with Crippen molar-refractivity contribution in [3.8, 4) is 0 Å². The second-order valence-corrected chi connectivity index (χ2v) is 8.30. The normalized spacial score (nSPS) is 12.1. The Balaban J connectivity index is 1.92. The number of rotatable bonds is 7. The summed E-state index contributed by atoms with van der Waals surface area (Å²) in [5, 5.41) is 22.0. The number of aromatic nitrogens is 6. The monoisotopic (exact) mass is 515 g/mol. The number of aromatic carboxylic acids is 1. The number of benzene rings is 1. The van der Waals surface area contributed by atoms with Gasteiger partial charge in [0.1, 0.15) is 11.3 Å². The summed E-state index contributed by atoms with van der Waals surface area (Å²) in [4.78, 5) is 20.9. The molecule has 164 valence electrons. The van der Waals surface area contributed by atoms with E-state index in [1.54, 1.807) is 34.5 Å². The molecule has 0 saturated heterocycles. The van der Waals surface area contributed by atoms with Crippen LogP contribution in [-0.4, -0.2) is 40.6 Å². The molecule has 0 aliphatic carbocycles. The van der Waals surface area contributed by atoms with Crippen LogP contribution in [0.4, 0.5) is 5.82 Å². The third-order valence-corrected chi connectivity index (χ3v) is 5.85. The Hall–Kier alpha value is -3.24. The quantitative estimate of drug-likeness (QED) is 0.351. The van der Waals surface area contributed by atoms with Crippen molar-refractivity contribution in [2.24, 2.45) is 7.05 Å². The van der Waals surface area contributed by atoms with Crippen LogP contribution in [0, 0.1) is 6.92 Å². The van der Waals surface area contributed by atoms with Gasteiger partial charge in [-0.3, -0.25) is 0 Å². The number of pyridine rings is 1. The molecule has 4 aromatic rings. The van der Waals surface area contributed by atoms with E-state index in [1.165, 1.54) is 0 Å². The molecule has 32 heavy (non-hydrogen) atoms. The molecule has 3 aromatic heterocycles. The van der Waals surface area contributed by atoms with Crippen molar-refractivity contribution < 1.29 is 9.90 Å². The Morgan fingerprint density at radius 1 is 1.34 bits per heavy atom. The van der Waals surface area contributed by atoms with Crippen molar-refractivity contribution in [2.75, 3.05) is 5.32 Å². The van der Waals surface area contributed by atoms with Crippen LogP contribution >= 0.6 is 27.5 Å². The standard InChI is InChI=1S/C21H19BrClN7O2/c1-4-9-30-18(17(20(31)32)26-21(30)22)16(12-5-7-13(23)8-6-12)24-14-10-11(2)15-19(25-14)29(3)28-27-15/h4-8,10,16H,1,9H2,2-3H3,(H,24,25)(H,31,32). The number of carboxylic acids is 1. The van der Waals surface area contributed by atoms with E-state index >= 15 is 0 Å². The number of nitrogens with zero attached hydrogens (tertiary/aromatic N) is 6. The van der Waals surface area contributed by atoms with Crippen LogP contribution in [-0.2, 0) is 13.6 Å². The molecule has 0 aliphatic rings. The molecule has 4 rings (SSSR count). The van der Waals surface area contributed by atoms with Crippen molar-refractivity contribution in [2.45, 2.75) is 19.5 Å². The third-order valence-electron chi connectivity index (χ3n) is 4.99. The van der Waals surface area contributed by atoms with E-state index in [1.807, 2.05) is 25.1 Å². The van der Waals surface area contributed by atoms with E-state index in [4.69, 9.17) is 11.6 Å². The minimum absolute atomic E-state index is 0.0776. The SMILES string of the molecule is C=CCn1c(Br)nc(C(=O)O)c1C(Nc1cc(C)c2nnn(C)c2n1)c1ccc(Cl)cc1. The van der Waals surface area contributed by atoms with Gasteiger partial charge < -0.3 is 15.0 Å². The van der Waals surface area contributed by atoms with Gasteiger partial charge in [0.05, 0.1) is 11.7 Å². The summed E-state index contributed by atoms with van der Waals surface area (Å²) in [5.41, 5.74) is 3.37. The van der Waals surface area contributed by atoms with Gasteiger partial charge in [0.25, 0.3) is 0 Å². The Kier molecular flexibility index (Phi) is 5.98. The van der Waals surface area contributed by atoms with E-state index in [-0.39, 0.29) is 5.69 Å². The molecule has 1 aromatic carbocycles. The van der Waals surface area contributed by atoms with Crippen LogP contribution in [0.1, 0.15) is 33.4 Å². The average Bonchev–Trinajstić information content (AvgIpc) is 3.28. The summed E-state index contributed by atoms with van der Waals surface area (Å²) in [6.45, 7) is 6.07. The van der Waals surface area contributed by atoms with Crippen LogP contribution in [0.5, 0.6) is 0 Å². The summed E-state index contributed by atoms with van der Waals surface area (Å²) in [6, 6.07) is 8.43. The van der Waals surface area contributed by atoms with Gasteiger partial charge in [-0.1, -0.05) is 35.0 Å². The Morgan fingerprint density at radius 2 is 2.06 bits per heavy atom. The number of nitrogens with one attached hydrogen (secondary N) is 1. The lowest BCUT2D eigenvalue weighted by atomic mass is 10.0. The zero-order chi connectivity index (χ0) is 23.0. The van der Waals surface area contributed by atoms with Crippen molar-refractivity contribution in [3.63, 3.8) is 0 Å². The van der Waals surface area contributed by atoms with Crippen LogP contribution < -0.4 is 5.32 Å². The number of carboxylic acid groups (broad SMARTS) is 1. The lowest BCUT2D eigenvalue weighted by molar-refractivity contribution is 0.0689. The molecule has 2 N–H and O–H groups in total. The maximum atomic E-state index is 12.1. The smallest absolute Gasteiger partial charge is 0.356 e. The van der Waals surface area contributed by atoms with Gasteiger partial charge in [0.15, 0.2) is 16.1 Å². The molecule has 9 nitrogen and oxygen atoms in total. The van der Waals surface area contributed by atoms with E-state index in [2.05, 4.69) is 48.1 Å². The molecule has 11 heteroatoms. The second kappa shape index (κ2) is 8.71. The fourth-order valence-corrected chi connectivity index (χ4v) is 4.17. The number of hydrogen-bond donors (Lipinski definition) is 2. The van der Waals surface area contributed by atoms with Crippen LogP contribution in [0.25, 0.3) is 11.2 Å². The average molecular weight is 517 g/mol. The molecule has 0 spiro atoms. The lowest BCUT2D eigenvalue weighted by Gasteiger charge is -2.22. The lowest BCUT2D eigenvalue weighted by Crippen LogP contribution is -2.20. The maximum absolute atomic E-state index is 12.1. The molecule has 0 radical (unpaired) electrons. The number of aryl methyl sites for hydroxylation is 2. The first kappa shape index (κ1) is 22.0. The largest absolute Gasteiger partial charge is 0.476 e. The highest BCUT2D eigenvalue weighted by atomic mass is 79.9. The molecule has 1 atom stereocenters. The first-order valence-electron chi connectivity index (χ1n) is 9.59. The number of allylic oxidation sites excluding steroid dienone is 1. The minimum Gasteiger partial charge on any atom is -0.476 e. The molecular weight excluding hydrogens is 498 g/mol. The zero-order valence-corrected chi connectivity index (χ0v) is 19.6. The number of fused-ring (bicyclic) bond motifs is 1. The predicted octanol–water partition coefficient (Wildman–Crippen LogP) is 4.37. The second-order valence-electron chi connectivity index (χ2n) is 7.16. The van der Waals surface area contributed by atoms with E-state index in [0.29, 0.717) is 39.0 Å². The van der Waals surface area contributed by atoms with Crippen LogP contribution in [0.2, 0.25) is 5.02 Å². The van der Waals surface area contributed by atoms with Crippen molar-refractivity contribution in [3.05, 3.63) is 75.3 Å². The van der Waals surface area contributed by atoms with E-state index in [0.717, 1.165) is 11.1 Å². The zero-order valence-electron chi connectivity index (χ0n) is 17.3. The number of anilines is 1. The van der Waals surface area contributed by atoms with Gasteiger partial charge in [-0.25, -0.2) is 19.4 Å². The fraction of sp³-hybridized carbons (Fsp3) is 0.190. The predicted molar refractivity (Wildman–Crippen MR) is 125 cm³/mol. The molecule has 0 aliphatic heterocycles. The summed E-state index contributed by atoms with van der Waals surface area (Å²) < 4.78 is 3.73. The Labute approximate surface area is 196 Å². The Morgan fingerprint density at radius 3 is 2.72 bits per heavy atom. The van der Waals surface area contributed by atoms with Crippen LogP contribution in [0.3, 0.4) is 0 Å². The van der Waals surface area contributed by atoms with E-state index in [9.17, 15) is 9.90 Å². The third kappa shape index (κ3) is 3.98.